The minimum Gasteiger partial charge on any atom is -0.465 e. The first kappa shape index (κ1) is 14.8. The number of esters is 1. The third kappa shape index (κ3) is 3.60. The van der Waals surface area contributed by atoms with Crippen LogP contribution >= 0.6 is 11.8 Å². The standard InChI is InChI=1S/C12H15F2NO2S/c1-17-12(16)8-4-5-9(11(14)10(8)13)15-6-3-7-18-2/h4-5,15H,3,6-7H2,1-2H3. The highest BCUT2D eigenvalue weighted by atomic mass is 32.2. The monoisotopic (exact) mass is 275 g/mol. The SMILES string of the molecule is COC(=O)c1ccc(NCCCSC)c(F)c1F. The topological polar surface area (TPSA) is 38.3 Å². The van der Waals surface area contributed by atoms with Crippen LogP contribution in [0.3, 0.4) is 0 Å². The largest absolute Gasteiger partial charge is 0.465 e. The van der Waals surface area contributed by atoms with E-state index in [0.717, 1.165) is 19.3 Å². The van der Waals surface area contributed by atoms with Crippen LogP contribution in [0.2, 0.25) is 0 Å². The second-order valence-electron chi connectivity index (χ2n) is 3.55. The first-order valence-corrected chi connectivity index (χ1v) is 6.80. The summed E-state index contributed by atoms with van der Waals surface area (Å²) >= 11 is 1.68. The lowest BCUT2D eigenvalue weighted by Gasteiger charge is -2.09. The predicted octanol–water partition coefficient (Wildman–Crippen LogP) is 2.92. The molecule has 0 unspecified atom stereocenters. The Morgan fingerprint density at radius 2 is 2.11 bits per heavy atom. The molecule has 1 rings (SSSR count). The van der Waals surface area contributed by atoms with Gasteiger partial charge in [0, 0.05) is 6.54 Å². The van der Waals surface area contributed by atoms with E-state index >= 15 is 0 Å². The van der Waals surface area contributed by atoms with Gasteiger partial charge >= 0.3 is 5.97 Å². The highest BCUT2D eigenvalue weighted by Gasteiger charge is 2.18. The molecule has 0 heterocycles. The maximum atomic E-state index is 13.6. The lowest BCUT2D eigenvalue weighted by Crippen LogP contribution is -2.10. The molecule has 1 N–H and O–H groups in total. The van der Waals surface area contributed by atoms with Crippen molar-refractivity contribution in [3.8, 4) is 0 Å². The number of hydrogen-bond donors (Lipinski definition) is 1. The Morgan fingerprint density at radius 3 is 2.72 bits per heavy atom. The Labute approximate surface area is 109 Å². The van der Waals surface area contributed by atoms with Gasteiger partial charge in [-0.15, -0.1) is 0 Å². The smallest absolute Gasteiger partial charge is 0.340 e. The molecule has 100 valence electrons. The molecule has 0 saturated heterocycles. The van der Waals surface area contributed by atoms with Crippen molar-refractivity contribution in [1.29, 1.82) is 0 Å². The number of rotatable bonds is 6. The van der Waals surface area contributed by atoms with Crippen LogP contribution in [0.5, 0.6) is 0 Å². The van der Waals surface area contributed by atoms with E-state index in [4.69, 9.17) is 0 Å². The maximum Gasteiger partial charge on any atom is 0.340 e. The molecule has 3 nitrogen and oxygen atoms in total. The number of nitrogens with one attached hydrogen (secondary N) is 1. The number of ether oxygens (including phenoxy) is 1. The molecular weight excluding hydrogens is 260 g/mol. The van der Waals surface area contributed by atoms with Gasteiger partial charge in [-0.2, -0.15) is 11.8 Å². The molecule has 0 bridgehead atoms. The maximum absolute atomic E-state index is 13.6. The lowest BCUT2D eigenvalue weighted by atomic mass is 10.2. The molecule has 0 fully saturated rings. The molecule has 0 aliphatic carbocycles. The summed E-state index contributed by atoms with van der Waals surface area (Å²) in [5.74, 6) is -2.18. The van der Waals surface area contributed by atoms with Crippen molar-refractivity contribution < 1.29 is 18.3 Å². The number of hydrogen-bond acceptors (Lipinski definition) is 4. The summed E-state index contributed by atoms with van der Waals surface area (Å²) in [6.45, 7) is 0.550. The van der Waals surface area contributed by atoms with Crippen LogP contribution in [-0.4, -0.2) is 31.6 Å². The molecule has 1 aromatic carbocycles. The van der Waals surface area contributed by atoms with E-state index in [1.807, 2.05) is 6.26 Å². The van der Waals surface area contributed by atoms with Crippen LogP contribution in [0.1, 0.15) is 16.8 Å². The van der Waals surface area contributed by atoms with Gasteiger partial charge in [0.15, 0.2) is 11.6 Å². The molecule has 0 spiro atoms. The number of thioether (sulfide) groups is 1. The number of benzene rings is 1. The first-order valence-electron chi connectivity index (χ1n) is 5.41. The van der Waals surface area contributed by atoms with Gasteiger partial charge in [-0.25, -0.2) is 13.6 Å². The average molecular weight is 275 g/mol. The van der Waals surface area contributed by atoms with Gasteiger partial charge in [-0.05, 0) is 30.6 Å². The quantitative estimate of drug-likeness (QED) is 0.640. The van der Waals surface area contributed by atoms with Crippen molar-refractivity contribution in [2.45, 2.75) is 6.42 Å². The Hall–Kier alpha value is -1.30. The van der Waals surface area contributed by atoms with Crippen molar-refractivity contribution in [3.63, 3.8) is 0 Å². The van der Waals surface area contributed by atoms with E-state index in [1.54, 1.807) is 11.8 Å². The molecule has 0 aliphatic heterocycles. The fraction of sp³-hybridized carbons (Fsp3) is 0.417. The second kappa shape index (κ2) is 7.20. The Balaban J connectivity index is 2.78. The molecular formula is C12H15F2NO2S. The molecule has 0 aliphatic rings. The zero-order chi connectivity index (χ0) is 13.5. The number of methoxy groups -OCH3 is 1. The van der Waals surface area contributed by atoms with Gasteiger partial charge < -0.3 is 10.1 Å². The molecule has 0 amide bonds. The average Bonchev–Trinajstić information content (AvgIpc) is 2.38. The fourth-order valence-corrected chi connectivity index (χ4v) is 1.83. The van der Waals surface area contributed by atoms with Crippen molar-refractivity contribution in [2.24, 2.45) is 0 Å². The fourth-order valence-electron chi connectivity index (χ4n) is 1.39. The zero-order valence-corrected chi connectivity index (χ0v) is 11.1. The highest BCUT2D eigenvalue weighted by molar-refractivity contribution is 7.98. The molecule has 6 heteroatoms. The highest BCUT2D eigenvalue weighted by Crippen LogP contribution is 2.21. The molecule has 0 atom stereocenters. The number of anilines is 1. The van der Waals surface area contributed by atoms with Crippen LogP contribution in [0.4, 0.5) is 14.5 Å². The van der Waals surface area contributed by atoms with E-state index in [1.165, 1.54) is 12.1 Å². The third-order valence-electron chi connectivity index (χ3n) is 2.33. The summed E-state index contributed by atoms with van der Waals surface area (Å²) in [5, 5.41) is 2.79. The second-order valence-corrected chi connectivity index (χ2v) is 4.54. The predicted molar refractivity (Wildman–Crippen MR) is 69.2 cm³/mol. The molecule has 0 aromatic heterocycles. The summed E-state index contributed by atoms with van der Waals surface area (Å²) < 4.78 is 31.5. The Morgan fingerprint density at radius 1 is 1.39 bits per heavy atom. The summed E-state index contributed by atoms with van der Waals surface area (Å²) in [6, 6.07) is 2.55. The number of carbonyl (C=O) groups excluding carboxylic acids is 1. The van der Waals surface area contributed by atoms with E-state index in [0.29, 0.717) is 6.54 Å². The van der Waals surface area contributed by atoms with Gasteiger partial charge in [-0.3, -0.25) is 0 Å². The summed E-state index contributed by atoms with van der Waals surface area (Å²) in [5.41, 5.74) is -0.342. The summed E-state index contributed by atoms with van der Waals surface area (Å²) in [7, 11) is 1.12. The number of halogens is 2. The normalized spacial score (nSPS) is 10.2. The first-order chi connectivity index (χ1) is 8.61. The van der Waals surface area contributed by atoms with E-state index < -0.39 is 23.2 Å². The lowest BCUT2D eigenvalue weighted by molar-refractivity contribution is 0.0594. The van der Waals surface area contributed by atoms with E-state index in [9.17, 15) is 13.6 Å². The molecule has 0 radical (unpaired) electrons. The third-order valence-corrected chi connectivity index (χ3v) is 3.03. The molecule has 1 aromatic rings. The minimum absolute atomic E-state index is 0.0567. The Bertz CT molecular complexity index is 427. The Kier molecular flexibility index (Phi) is 5.91. The molecule has 0 saturated carbocycles. The summed E-state index contributed by atoms with van der Waals surface area (Å²) in [6.07, 6.45) is 2.83. The van der Waals surface area contributed by atoms with Crippen molar-refractivity contribution in [3.05, 3.63) is 29.3 Å². The van der Waals surface area contributed by atoms with Gasteiger partial charge in [0.25, 0.3) is 0 Å². The van der Waals surface area contributed by atoms with Gasteiger partial charge in [-0.1, -0.05) is 0 Å². The van der Waals surface area contributed by atoms with Gasteiger partial charge in [0.05, 0.1) is 18.4 Å². The minimum atomic E-state index is -1.18. The van der Waals surface area contributed by atoms with Crippen molar-refractivity contribution in [2.75, 3.05) is 31.0 Å². The van der Waals surface area contributed by atoms with Gasteiger partial charge in [0.1, 0.15) is 0 Å². The van der Waals surface area contributed by atoms with Crippen LogP contribution in [0.15, 0.2) is 12.1 Å². The zero-order valence-electron chi connectivity index (χ0n) is 10.3. The van der Waals surface area contributed by atoms with Crippen molar-refractivity contribution in [1.82, 2.24) is 0 Å². The van der Waals surface area contributed by atoms with Crippen LogP contribution < -0.4 is 5.32 Å². The van der Waals surface area contributed by atoms with E-state index in [2.05, 4.69) is 10.1 Å². The van der Waals surface area contributed by atoms with E-state index in [-0.39, 0.29) is 5.69 Å². The van der Waals surface area contributed by atoms with Crippen LogP contribution in [0.25, 0.3) is 0 Å². The number of carbonyl (C=O) groups is 1. The summed E-state index contributed by atoms with van der Waals surface area (Å²) in [4.78, 5) is 11.1. The van der Waals surface area contributed by atoms with Gasteiger partial charge in [0.2, 0.25) is 0 Å². The van der Waals surface area contributed by atoms with Crippen molar-refractivity contribution >= 4 is 23.4 Å². The molecule has 18 heavy (non-hydrogen) atoms. The van der Waals surface area contributed by atoms with Crippen LogP contribution in [0, 0.1) is 11.6 Å². The van der Waals surface area contributed by atoms with Crippen LogP contribution in [-0.2, 0) is 4.74 Å².